The van der Waals surface area contributed by atoms with E-state index < -0.39 is 5.82 Å². The smallest absolute Gasteiger partial charge is 0.261 e. The monoisotopic (exact) mass is 390 g/mol. The SMILES string of the molecule is Cc1ccc(F)c(NC(=O)CCCN2C(=O)c3cccc4cccc(c34)C2=O)c1. The Morgan fingerprint density at radius 1 is 1.00 bits per heavy atom. The van der Waals surface area contributed by atoms with Gasteiger partial charge < -0.3 is 5.32 Å². The molecule has 0 atom stereocenters. The van der Waals surface area contributed by atoms with Crippen molar-refractivity contribution in [2.24, 2.45) is 0 Å². The van der Waals surface area contributed by atoms with E-state index in [2.05, 4.69) is 5.32 Å². The van der Waals surface area contributed by atoms with Crippen molar-refractivity contribution >= 4 is 34.2 Å². The van der Waals surface area contributed by atoms with Crippen LogP contribution in [-0.2, 0) is 4.79 Å². The highest BCUT2D eigenvalue weighted by molar-refractivity contribution is 6.25. The summed E-state index contributed by atoms with van der Waals surface area (Å²) in [6.07, 6.45) is 0.352. The summed E-state index contributed by atoms with van der Waals surface area (Å²) < 4.78 is 13.8. The van der Waals surface area contributed by atoms with Gasteiger partial charge in [-0.2, -0.15) is 0 Å². The third-order valence-electron chi connectivity index (χ3n) is 5.04. The number of carbonyl (C=O) groups excluding carboxylic acids is 3. The van der Waals surface area contributed by atoms with Gasteiger partial charge in [0.2, 0.25) is 5.91 Å². The van der Waals surface area contributed by atoms with Crippen molar-refractivity contribution in [3.63, 3.8) is 0 Å². The Hall–Kier alpha value is -3.54. The Morgan fingerprint density at radius 2 is 1.66 bits per heavy atom. The fraction of sp³-hybridized carbons (Fsp3) is 0.174. The predicted octanol–water partition coefficient (Wildman–Crippen LogP) is 4.30. The Labute approximate surface area is 167 Å². The van der Waals surface area contributed by atoms with E-state index in [1.807, 2.05) is 12.1 Å². The second kappa shape index (κ2) is 7.47. The molecule has 1 N–H and O–H groups in total. The Bertz CT molecular complexity index is 1110. The van der Waals surface area contributed by atoms with Crippen LogP contribution >= 0.6 is 0 Å². The van der Waals surface area contributed by atoms with Gasteiger partial charge in [0.15, 0.2) is 0 Å². The lowest BCUT2D eigenvalue weighted by Gasteiger charge is -2.27. The van der Waals surface area contributed by atoms with E-state index in [0.717, 1.165) is 10.9 Å². The molecule has 6 heteroatoms. The summed E-state index contributed by atoms with van der Waals surface area (Å²) in [5.41, 5.74) is 1.94. The molecule has 29 heavy (non-hydrogen) atoms. The van der Waals surface area contributed by atoms with Crippen LogP contribution in [0.5, 0.6) is 0 Å². The van der Waals surface area contributed by atoms with Crippen molar-refractivity contribution in [3.05, 3.63) is 77.1 Å². The van der Waals surface area contributed by atoms with Crippen LogP contribution in [0.1, 0.15) is 39.1 Å². The molecule has 0 saturated carbocycles. The molecule has 0 bridgehead atoms. The van der Waals surface area contributed by atoms with Gasteiger partial charge in [-0.3, -0.25) is 19.3 Å². The summed E-state index contributed by atoms with van der Waals surface area (Å²) in [7, 11) is 0. The molecule has 4 rings (SSSR count). The van der Waals surface area contributed by atoms with E-state index in [0.29, 0.717) is 16.5 Å². The minimum absolute atomic E-state index is 0.0658. The van der Waals surface area contributed by atoms with E-state index in [1.54, 1.807) is 43.3 Å². The zero-order valence-corrected chi connectivity index (χ0v) is 15.9. The van der Waals surface area contributed by atoms with E-state index in [-0.39, 0.29) is 42.8 Å². The fourth-order valence-electron chi connectivity index (χ4n) is 3.63. The van der Waals surface area contributed by atoms with Crippen LogP contribution in [0.2, 0.25) is 0 Å². The van der Waals surface area contributed by atoms with Crippen molar-refractivity contribution in [3.8, 4) is 0 Å². The molecule has 0 fully saturated rings. The molecule has 0 aliphatic carbocycles. The van der Waals surface area contributed by atoms with Gasteiger partial charge in [0.25, 0.3) is 11.8 Å². The third kappa shape index (κ3) is 3.49. The number of anilines is 1. The largest absolute Gasteiger partial charge is 0.324 e. The maximum Gasteiger partial charge on any atom is 0.261 e. The van der Waals surface area contributed by atoms with Crippen LogP contribution in [0.4, 0.5) is 10.1 Å². The average molecular weight is 390 g/mol. The molecule has 3 aromatic carbocycles. The Morgan fingerprint density at radius 3 is 2.31 bits per heavy atom. The number of nitrogens with one attached hydrogen (secondary N) is 1. The van der Waals surface area contributed by atoms with Crippen LogP contribution in [-0.4, -0.2) is 29.2 Å². The first kappa shape index (κ1) is 18.8. The predicted molar refractivity (Wildman–Crippen MR) is 108 cm³/mol. The number of hydrogen-bond donors (Lipinski definition) is 1. The number of aryl methyl sites for hydroxylation is 1. The van der Waals surface area contributed by atoms with Crippen LogP contribution in [0.3, 0.4) is 0 Å². The van der Waals surface area contributed by atoms with Gasteiger partial charge in [-0.05, 0) is 48.6 Å². The maximum absolute atomic E-state index is 13.8. The first-order valence-corrected chi connectivity index (χ1v) is 9.39. The number of rotatable bonds is 5. The van der Waals surface area contributed by atoms with E-state index in [1.165, 1.54) is 11.0 Å². The van der Waals surface area contributed by atoms with Gasteiger partial charge in [-0.25, -0.2) is 4.39 Å². The molecule has 0 saturated heterocycles. The van der Waals surface area contributed by atoms with Crippen molar-refractivity contribution in [1.29, 1.82) is 0 Å². The molecule has 3 amide bonds. The number of hydrogen-bond acceptors (Lipinski definition) is 3. The molecule has 0 aromatic heterocycles. The third-order valence-corrected chi connectivity index (χ3v) is 5.04. The van der Waals surface area contributed by atoms with Crippen molar-refractivity contribution in [2.45, 2.75) is 19.8 Å². The topological polar surface area (TPSA) is 66.5 Å². The molecule has 0 radical (unpaired) electrons. The van der Waals surface area contributed by atoms with Crippen LogP contribution in [0.25, 0.3) is 10.8 Å². The van der Waals surface area contributed by atoms with Crippen LogP contribution in [0, 0.1) is 12.7 Å². The second-order valence-corrected chi connectivity index (χ2v) is 7.11. The summed E-state index contributed by atoms with van der Waals surface area (Å²) in [6, 6.07) is 15.2. The number of halogens is 1. The zero-order valence-electron chi connectivity index (χ0n) is 15.9. The lowest BCUT2D eigenvalue weighted by Crippen LogP contribution is -2.41. The number of amides is 3. The number of imide groups is 1. The van der Waals surface area contributed by atoms with Gasteiger partial charge in [0.05, 0.1) is 5.69 Å². The van der Waals surface area contributed by atoms with Gasteiger partial charge in [0.1, 0.15) is 5.82 Å². The lowest BCUT2D eigenvalue weighted by molar-refractivity contribution is -0.116. The van der Waals surface area contributed by atoms with E-state index in [9.17, 15) is 18.8 Å². The summed E-state index contributed by atoms with van der Waals surface area (Å²) in [4.78, 5) is 39.0. The van der Waals surface area contributed by atoms with Crippen LogP contribution < -0.4 is 5.32 Å². The standard InChI is InChI=1S/C23H19FN2O3/c1-14-10-11-18(24)19(13-14)25-20(27)9-4-12-26-22(28)16-7-2-5-15-6-3-8-17(21(15)16)23(26)29/h2-3,5-8,10-11,13H,4,9,12H2,1H3,(H,25,27). The summed E-state index contributed by atoms with van der Waals surface area (Å²) in [5, 5.41) is 4.06. The van der Waals surface area contributed by atoms with Gasteiger partial charge in [0, 0.05) is 29.5 Å². The number of nitrogens with zero attached hydrogens (tertiary/aromatic N) is 1. The Kier molecular flexibility index (Phi) is 4.84. The summed E-state index contributed by atoms with van der Waals surface area (Å²) in [5.74, 6) is -1.59. The maximum atomic E-state index is 13.8. The zero-order chi connectivity index (χ0) is 20.5. The van der Waals surface area contributed by atoms with Crippen molar-refractivity contribution in [2.75, 3.05) is 11.9 Å². The lowest BCUT2D eigenvalue weighted by atomic mass is 9.94. The molecular formula is C23H19FN2O3. The number of benzene rings is 3. The van der Waals surface area contributed by atoms with Gasteiger partial charge in [-0.15, -0.1) is 0 Å². The normalized spacial score (nSPS) is 13.1. The fourth-order valence-corrected chi connectivity index (χ4v) is 3.63. The van der Waals surface area contributed by atoms with Crippen molar-refractivity contribution in [1.82, 2.24) is 4.90 Å². The van der Waals surface area contributed by atoms with Gasteiger partial charge in [-0.1, -0.05) is 30.3 Å². The minimum Gasteiger partial charge on any atom is -0.324 e. The molecule has 0 spiro atoms. The van der Waals surface area contributed by atoms with E-state index >= 15 is 0 Å². The van der Waals surface area contributed by atoms with Crippen LogP contribution in [0.15, 0.2) is 54.6 Å². The summed E-state index contributed by atoms with van der Waals surface area (Å²) in [6.45, 7) is 1.92. The molecule has 1 aliphatic rings. The average Bonchev–Trinajstić information content (AvgIpc) is 2.71. The molecule has 0 unspecified atom stereocenters. The molecule has 1 aliphatic heterocycles. The molecular weight excluding hydrogens is 371 g/mol. The highest BCUT2D eigenvalue weighted by Crippen LogP contribution is 2.30. The first-order chi connectivity index (χ1) is 14.0. The van der Waals surface area contributed by atoms with E-state index in [4.69, 9.17) is 0 Å². The highest BCUT2D eigenvalue weighted by atomic mass is 19.1. The molecule has 3 aromatic rings. The number of carbonyl (C=O) groups is 3. The minimum atomic E-state index is -0.505. The van der Waals surface area contributed by atoms with Gasteiger partial charge >= 0.3 is 0 Å². The first-order valence-electron chi connectivity index (χ1n) is 9.39. The van der Waals surface area contributed by atoms with Crippen molar-refractivity contribution < 1.29 is 18.8 Å². The molecule has 146 valence electrons. The quantitative estimate of drug-likeness (QED) is 0.661. The second-order valence-electron chi connectivity index (χ2n) is 7.11. The highest BCUT2D eigenvalue weighted by Gasteiger charge is 2.32. The summed E-state index contributed by atoms with van der Waals surface area (Å²) >= 11 is 0. The Balaban J connectivity index is 1.44. The molecule has 1 heterocycles. The molecule has 5 nitrogen and oxygen atoms in total.